The Bertz CT molecular complexity index is 1370. The Morgan fingerprint density at radius 2 is 1.94 bits per heavy atom. The molecular weight excluding hydrogens is 523 g/mol. The van der Waals surface area contributed by atoms with Crippen LogP contribution in [-0.4, -0.2) is 26.2 Å². The predicted octanol–water partition coefficient (Wildman–Crippen LogP) is 6.10. The minimum Gasteiger partial charge on any atom is -0.457 e. The number of nitrogens with zero attached hydrogens (tertiary/aromatic N) is 2. The van der Waals surface area contributed by atoms with Gasteiger partial charge in [-0.2, -0.15) is 5.01 Å². The zero-order valence-electron chi connectivity index (χ0n) is 16.8. The molecule has 0 aliphatic carbocycles. The van der Waals surface area contributed by atoms with Crippen LogP contribution >= 0.6 is 47.2 Å². The van der Waals surface area contributed by atoms with Crippen LogP contribution in [0, 0.1) is 10.1 Å². The van der Waals surface area contributed by atoms with Gasteiger partial charge in [-0.25, -0.2) is 10.2 Å². The summed E-state index contributed by atoms with van der Waals surface area (Å²) in [6, 6.07) is 13.1. The van der Waals surface area contributed by atoms with Crippen LogP contribution in [0.2, 0.25) is 10.0 Å². The largest absolute Gasteiger partial charge is 0.457 e. The third kappa shape index (κ3) is 5.23. The summed E-state index contributed by atoms with van der Waals surface area (Å²) < 4.78 is 5.83. The lowest BCUT2D eigenvalue weighted by Gasteiger charge is -2.16. The van der Waals surface area contributed by atoms with Gasteiger partial charge in [0.05, 0.1) is 19.9 Å². The fraction of sp³-hybridized carbons (Fsp3) is 0. The third-order valence-corrected chi connectivity index (χ3v) is 6.47. The molecule has 2 N–H and O–H groups in total. The number of carbonyl (C=O) groups is 2. The number of nitrogens with one attached hydrogen (secondary N) is 2. The third-order valence-electron chi connectivity index (χ3n) is 4.43. The summed E-state index contributed by atoms with van der Waals surface area (Å²) >= 11 is 18.0. The highest BCUT2D eigenvalue weighted by atomic mass is 35.5. The molecule has 3 aromatic rings. The van der Waals surface area contributed by atoms with Gasteiger partial charge in [0.2, 0.25) is 0 Å². The Kier molecular flexibility index (Phi) is 6.89. The maximum Gasteiger partial charge on any atom is 0.338 e. The van der Waals surface area contributed by atoms with E-state index in [0.29, 0.717) is 27.8 Å². The number of thioether (sulfide) groups is 1. The summed E-state index contributed by atoms with van der Waals surface area (Å²) in [4.78, 5) is 35.8. The Hall–Kier alpha value is -3.38. The zero-order chi connectivity index (χ0) is 24.4. The summed E-state index contributed by atoms with van der Waals surface area (Å²) in [7, 11) is 0. The summed E-state index contributed by atoms with van der Waals surface area (Å²) in [5.74, 6) is 0.180. The number of nitro groups is 1. The number of benzene rings is 2. The van der Waals surface area contributed by atoms with Crippen molar-refractivity contribution in [1.82, 2.24) is 10.4 Å². The number of anilines is 1. The van der Waals surface area contributed by atoms with Gasteiger partial charge in [-0.15, -0.1) is 0 Å². The molecule has 0 bridgehead atoms. The van der Waals surface area contributed by atoms with Crippen LogP contribution < -0.4 is 10.7 Å². The van der Waals surface area contributed by atoms with Gasteiger partial charge >= 0.3 is 6.03 Å². The second kappa shape index (κ2) is 9.85. The minimum absolute atomic E-state index is 0.0680. The van der Waals surface area contributed by atoms with Crippen molar-refractivity contribution in [3.8, 4) is 11.3 Å². The second-order valence-electron chi connectivity index (χ2n) is 6.72. The van der Waals surface area contributed by atoms with E-state index in [1.807, 2.05) is 0 Å². The number of amides is 3. The van der Waals surface area contributed by atoms with E-state index in [1.165, 1.54) is 30.3 Å². The van der Waals surface area contributed by atoms with Crippen LogP contribution in [0.15, 0.2) is 63.9 Å². The SMILES string of the molecule is O=C(Nc1ccc(Cl)c(Cl)c1)NN1C(=O)/C(=C\c2ccc(-c3cccc([N+](=O)[O-])c3)o2)SC1=S. The van der Waals surface area contributed by atoms with Crippen molar-refractivity contribution >= 4 is 80.9 Å². The van der Waals surface area contributed by atoms with E-state index in [0.717, 1.165) is 16.8 Å². The quantitative estimate of drug-likeness (QED) is 0.175. The van der Waals surface area contributed by atoms with Crippen molar-refractivity contribution in [2.75, 3.05) is 5.32 Å². The average Bonchev–Trinajstić information content (AvgIpc) is 3.37. The lowest BCUT2D eigenvalue weighted by Crippen LogP contribution is -2.46. The van der Waals surface area contributed by atoms with Gasteiger partial charge in [0.1, 0.15) is 11.5 Å². The average molecular weight is 535 g/mol. The molecule has 0 spiro atoms. The van der Waals surface area contributed by atoms with E-state index in [2.05, 4.69) is 10.7 Å². The van der Waals surface area contributed by atoms with E-state index in [1.54, 1.807) is 30.3 Å². The molecule has 13 heteroatoms. The van der Waals surface area contributed by atoms with E-state index in [-0.39, 0.29) is 19.9 Å². The number of urea groups is 1. The Morgan fingerprint density at radius 1 is 1.15 bits per heavy atom. The standard InChI is InChI=1S/C21H12Cl2N4O5S2/c22-15-6-4-12(9-16(15)23)24-20(29)25-26-19(28)18(34-21(26)33)10-14-5-7-17(32-14)11-2-1-3-13(8-11)27(30)31/h1-10H,(H2,24,25,29)/b18-10+. The van der Waals surface area contributed by atoms with Crippen molar-refractivity contribution in [2.24, 2.45) is 0 Å². The topological polar surface area (TPSA) is 118 Å². The van der Waals surface area contributed by atoms with Gasteiger partial charge in [-0.1, -0.05) is 47.1 Å². The number of halogens is 2. The molecule has 172 valence electrons. The second-order valence-corrected chi connectivity index (χ2v) is 9.21. The monoisotopic (exact) mass is 534 g/mol. The molecule has 0 radical (unpaired) electrons. The van der Waals surface area contributed by atoms with Gasteiger partial charge in [-0.05, 0) is 42.5 Å². The molecule has 3 amide bonds. The molecule has 1 aliphatic rings. The van der Waals surface area contributed by atoms with Crippen LogP contribution in [0.4, 0.5) is 16.2 Å². The zero-order valence-corrected chi connectivity index (χ0v) is 19.9. The number of furan rings is 1. The van der Waals surface area contributed by atoms with Crippen LogP contribution in [0.5, 0.6) is 0 Å². The lowest BCUT2D eigenvalue weighted by molar-refractivity contribution is -0.384. The van der Waals surface area contributed by atoms with E-state index in [4.69, 9.17) is 39.8 Å². The van der Waals surface area contributed by atoms with E-state index in [9.17, 15) is 19.7 Å². The number of non-ortho nitro benzene ring substituents is 1. The Balaban J connectivity index is 1.46. The van der Waals surface area contributed by atoms with Crippen LogP contribution in [-0.2, 0) is 4.79 Å². The summed E-state index contributed by atoms with van der Waals surface area (Å²) in [5.41, 5.74) is 3.21. The summed E-state index contributed by atoms with van der Waals surface area (Å²) in [6.07, 6.45) is 1.47. The van der Waals surface area contributed by atoms with E-state index < -0.39 is 16.9 Å². The van der Waals surface area contributed by atoms with Crippen LogP contribution in [0.3, 0.4) is 0 Å². The Labute approximate surface area is 211 Å². The molecule has 2 aromatic carbocycles. The Morgan fingerprint density at radius 3 is 2.68 bits per heavy atom. The molecule has 9 nitrogen and oxygen atoms in total. The van der Waals surface area contributed by atoms with Gasteiger partial charge < -0.3 is 9.73 Å². The molecule has 0 unspecified atom stereocenters. The fourth-order valence-electron chi connectivity index (χ4n) is 2.89. The first-order valence-corrected chi connectivity index (χ1v) is 11.3. The molecule has 4 rings (SSSR count). The number of rotatable bonds is 5. The van der Waals surface area contributed by atoms with Gasteiger partial charge in [0, 0.05) is 29.5 Å². The van der Waals surface area contributed by atoms with Crippen LogP contribution in [0.1, 0.15) is 5.76 Å². The molecule has 34 heavy (non-hydrogen) atoms. The van der Waals surface area contributed by atoms with Crippen molar-refractivity contribution < 1.29 is 18.9 Å². The first kappa shape index (κ1) is 23.8. The maximum absolute atomic E-state index is 12.8. The van der Waals surface area contributed by atoms with Crippen molar-refractivity contribution in [1.29, 1.82) is 0 Å². The minimum atomic E-state index is -0.707. The number of nitro benzene ring substituents is 1. The molecular formula is C21H12Cl2N4O5S2. The molecule has 0 saturated carbocycles. The van der Waals surface area contributed by atoms with Crippen molar-refractivity contribution in [3.05, 3.63) is 85.4 Å². The molecule has 0 atom stereocenters. The molecule has 1 aromatic heterocycles. The number of carbonyl (C=O) groups excluding carboxylic acids is 2. The van der Waals surface area contributed by atoms with Gasteiger partial charge in [0.25, 0.3) is 11.6 Å². The lowest BCUT2D eigenvalue weighted by atomic mass is 10.1. The molecule has 2 heterocycles. The molecule has 1 saturated heterocycles. The van der Waals surface area contributed by atoms with Crippen molar-refractivity contribution in [2.45, 2.75) is 0 Å². The maximum atomic E-state index is 12.8. The number of thiocarbonyl (C=S) groups is 1. The molecule has 1 fully saturated rings. The van der Waals surface area contributed by atoms with Gasteiger partial charge in [-0.3, -0.25) is 14.9 Å². The number of hydrogen-bond donors (Lipinski definition) is 2. The first-order chi connectivity index (χ1) is 16.2. The highest BCUT2D eigenvalue weighted by Gasteiger charge is 2.34. The van der Waals surface area contributed by atoms with Gasteiger partial charge in [0.15, 0.2) is 4.32 Å². The fourth-order valence-corrected chi connectivity index (χ4v) is 4.34. The summed E-state index contributed by atoms with van der Waals surface area (Å²) in [5, 5.41) is 15.1. The first-order valence-electron chi connectivity index (χ1n) is 9.36. The van der Waals surface area contributed by atoms with Crippen LogP contribution in [0.25, 0.3) is 17.4 Å². The normalized spacial score (nSPS) is 14.5. The number of hydrogen-bond acceptors (Lipinski definition) is 7. The molecule has 1 aliphatic heterocycles. The highest BCUT2D eigenvalue weighted by Crippen LogP contribution is 2.33. The van der Waals surface area contributed by atoms with Crippen molar-refractivity contribution in [3.63, 3.8) is 0 Å². The number of hydrazine groups is 1. The smallest absolute Gasteiger partial charge is 0.338 e. The summed E-state index contributed by atoms with van der Waals surface area (Å²) in [6.45, 7) is 0. The predicted molar refractivity (Wildman–Crippen MR) is 134 cm³/mol. The highest BCUT2D eigenvalue weighted by molar-refractivity contribution is 8.26. The van der Waals surface area contributed by atoms with E-state index >= 15 is 0 Å².